The van der Waals surface area contributed by atoms with Gasteiger partial charge in [-0.2, -0.15) is 0 Å². The fourth-order valence-electron chi connectivity index (χ4n) is 3.06. The van der Waals surface area contributed by atoms with Crippen LogP contribution >= 0.6 is 0 Å². The number of aliphatic carboxylic acids is 1. The summed E-state index contributed by atoms with van der Waals surface area (Å²) in [6.07, 6.45) is 4.19. The summed E-state index contributed by atoms with van der Waals surface area (Å²) in [4.78, 5) is 23.6. The lowest BCUT2D eigenvalue weighted by atomic mass is 9.92. The Bertz CT molecular complexity index is 767. The molecule has 1 aromatic rings. The van der Waals surface area contributed by atoms with Gasteiger partial charge in [-0.15, -0.1) is 6.58 Å². The topological polar surface area (TPSA) is 113 Å². The Balaban J connectivity index is 2.21. The quantitative estimate of drug-likeness (QED) is 0.606. The van der Waals surface area contributed by atoms with E-state index in [0.29, 0.717) is 12.8 Å². The van der Waals surface area contributed by atoms with Gasteiger partial charge < -0.3 is 10.4 Å². The van der Waals surface area contributed by atoms with Crippen LogP contribution in [0, 0.1) is 0 Å². The van der Waals surface area contributed by atoms with E-state index >= 15 is 0 Å². The lowest BCUT2D eigenvalue weighted by Gasteiger charge is -2.28. The largest absolute Gasteiger partial charge is 0.481 e. The molecule has 7 nitrogen and oxygen atoms in total. The van der Waals surface area contributed by atoms with Gasteiger partial charge in [0.05, 0.1) is 16.9 Å². The zero-order valence-corrected chi connectivity index (χ0v) is 14.6. The van der Waals surface area contributed by atoms with Gasteiger partial charge in [-0.25, -0.2) is 13.1 Å². The van der Waals surface area contributed by atoms with Gasteiger partial charge in [-0.1, -0.05) is 25.0 Å². The van der Waals surface area contributed by atoms with Gasteiger partial charge in [-0.05, 0) is 31.0 Å². The summed E-state index contributed by atoms with van der Waals surface area (Å²) in [5.41, 5.74) is -0.586. The molecule has 3 N–H and O–H groups in total. The Kier molecular flexibility index (Phi) is 5.97. The number of hydrogen-bond acceptors (Lipinski definition) is 4. The van der Waals surface area contributed by atoms with E-state index in [9.17, 15) is 18.0 Å². The van der Waals surface area contributed by atoms with Crippen molar-refractivity contribution in [3.63, 3.8) is 0 Å². The van der Waals surface area contributed by atoms with Crippen LogP contribution in [0.15, 0.2) is 41.8 Å². The van der Waals surface area contributed by atoms with Gasteiger partial charge >= 0.3 is 5.97 Å². The predicted octanol–water partition coefficient (Wildman–Crippen LogP) is 1.67. The summed E-state index contributed by atoms with van der Waals surface area (Å²) in [5, 5.41) is 11.9. The Morgan fingerprint density at radius 1 is 1.28 bits per heavy atom. The van der Waals surface area contributed by atoms with Crippen molar-refractivity contribution in [1.82, 2.24) is 10.0 Å². The van der Waals surface area contributed by atoms with E-state index in [1.807, 2.05) is 0 Å². The first-order valence-electron chi connectivity index (χ1n) is 8.03. The van der Waals surface area contributed by atoms with Crippen molar-refractivity contribution in [2.75, 3.05) is 6.54 Å². The number of carboxylic acids is 1. The molecule has 1 amide bonds. The second kappa shape index (κ2) is 7.79. The Morgan fingerprint density at radius 3 is 2.56 bits per heavy atom. The van der Waals surface area contributed by atoms with Crippen LogP contribution in [-0.4, -0.2) is 37.5 Å². The average Bonchev–Trinajstić information content (AvgIpc) is 3.00. The highest BCUT2D eigenvalue weighted by atomic mass is 32.2. The second-order valence-electron chi connectivity index (χ2n) is 6.18. The van der Waals surface area contributed by atoms with Crippen LogP contribution in [0.4, 0.5) is 0 Å². The number of carbonyl (C=O) groups excluding carboxylic acids is 1. The van der Waals surface area contributed by atoms with Gasteiger partial charge in [0, 0.05) is 12.1 Å². The maximum absolute atomic E-state index is 12.5. The third-order valence-corrected chi connectivity index (χ3v) is 5.67. The number of carboxylic acid groups (broad SMARTS) is 1. The highest BCUT2D eigenvalue weighted by molar-refractivity contribution is 7.89. The van der Waals surface area contributed by atoms with Crippen molar-refractivity contribution < 1.29 is 23.1 Å². The molecule has 1 saturated carbocycles. The van der Waals surface area contributed by atoms with Crippen molar-refractivity contribution in [1.29, 1.82) is 0 Å². The van der Waals surface area contributed by atoms with E-state index in [1.54, 1.807) is 0 Å². The average molecular weight is 366 g/mol. The van der Waals surface area contributed by atoms with Gasteiger partial charge in [0.15, 0.2) is 0 Å². The van der Waals surface area contributed by atoms with E-state index in [2.05, 4.69) is 16.6 Å². The second-order valence-corrected chi connectivity index (χ2v) is 7.95. The maximum Gasteiger partial charge on any atom is 0.305 e. The number of hydrogen-bond donors (Lipinski definition) is 3. The van der Waals surface area contributed by atoms with Crippen molar-refractivity contribution in [3.8, 4) is 0 Å². The molecule has 2 rings (SSSR count). The van der Waals surface area contributed by atoms with Crippen LogP contribution in [0.5, 0.6) is 0 Å². The lowest BCUT2D eigenvalue weighted by molar-refractivity contribution is -0.138. The zero-order chi connectivity index (χ0) is 18.5. The minimum Gasteiger partial charge on any atom is -0.481 e. The van der Waals surface area contributed by atoms with E-state index < -0.39 is 27.4 Å². The molecule has 0 aliphatic heterocycles. The molecular formula is C17H22N2O5S. The molecule has 136 valence electrons. The molecule has 0 unspecified atom stereocenters. The smallest absolute Gasteiger partial charge is 0.305 e. The third-order valence-electron chi connectivity index (χ3n) is 4.25. The summed E-state index contributed by atoms with van der Waals surface area (Å²) in [6, 6.07) is 5.66. The van der Waals surface area contributed by atoms with Crippen molar-refractivity contribution in [3.05, 3.63) is 42.5 Å². The Morgan fingerprint density at radius 2 is 1.96 bits per heavy atom. The van der Waals surface area contributed by atoms with E-state index in [-0.39, 0.29) is 23.4 Å². The number of carbonyl (C=O) groups is 2. The molecule has 0 aromatic heterocycles. The monoisotopic (exact) mass is 366 g/mol. The molecule has 0 saturated heterocycles. The zero-order valence-electron chi connectivity index (χ0n) is 13.8. The molecule has 0 heterocycles. The SMILES string of the molecule is C=CCNS(=O)(=O)c1cccc(C(=O)NC2(CC(=O)O)CCCC2)c1. The molecule has 0 spiro atoms. The fourth-order valence-corrected chi connectivity index (χ4v) is 4.10. The number of benzene rings is 1. The minimum atomic E-state index is -3.74. The standard InChI is InChI=1S/C17H22N2O5S/c1-2-10-18-25(23,24)14-7-5-6-13(11-14)16(22)19-17(12-15(20)21)8-3-4-9-17/h2,5-7,11,18H,1,3-4,8-10,12H2,(H,19,22)(H,20,21). The molecule has 25 heavy (non-hydrogen) atoms. The highest BCUT2D eigenvalue weighted by Crippen LogP contribution is 2.33. The van der Waals surface area contributed by atoms with Crippen molar-refractivity contribution in [2.45, 2.75) is 42.5 Å². The van der Waals surface area contributed by atoms with Crippen molar-refractivity contribution in [2.24, 2.45) is 0 Å². The summed E-state index contributed by atoms with van der Waals surface area (Å²) < 4.78 is 26.6. The van der Waals surface area contributed by atoms with Gasteiger partial charge in [0.1, 0.15) is 0 Å². The summed E-state index contributed by atoms with van der Waals surface area (Å²) >= 11 is 0. The van der Waals surface area contributed by atoms with Crippen LogP contribution in [0.3, 0.4) is 0 Å². The number of sulfonamides is 1. The van der Waals surface area contributed by atoms with E-state index in [1.165, 1.54) is 30.3 Å². The number of nitrogens with one attached hydrogen (secondary N) is 2. The normalized spacial score (nSPS) is 16.3. The molecule has 0 radical (unpaired) electrons. The van der Waals surface area contributed by atoms with Gasteiger partial charge in [0.2, 0.25) is 10.0 Å². The van der Waals surface area contributed by atoms with Crippen LogP contribution in [0.2, 0.25) is 0 Å². The van der Waals surface area contributed by atoms with Crippen LogP contribution < -0.4 is 10.0 Å². The molecule has 1 aliphatic carbocycles. The number of amides is 1. The first kappa shape index (κ1) is 19.1. The van der Waals surface area contributed by atoms with E-state index in [0.717, 1.165) is 12.8 Å². The Hall–Kier alpha value is -2.19. The number of rotatable bonds is 8. The summed E-state index contributed by atoms with van der Waals surface area (Å²) in [5.74, 6) is -1.43. The van der Waals surface area contributed by atoms with Crippen molar-refractivity contribution >= 4 is 21.9 Å². The van der Waals surface area contributed by atoms with Crippen LogP contribution in [0.25, 0.3) is 0 Å². The molecular weight excluding hydrogens is 344 g/mol. The van der Waals surface area contributed by atoms with Gasteiger partial charge in [-0.3, -0.25) is 9.59 Å². The minimum absolute atomic E-state index is 0.0271. The molecule has 0 atom stereocenters. The fraction of sp³-hybridized carbons (Fsp3) is 0.412. The summed E-state index contributed by atoms with van der Waals surface area (Å²) in [6.45, 7) is 3.54. The van der Waals surface area contributed by atoms with Crippen LogP contribution in [-0.2, 0) is 14.8 Å². The molecule has 1 fully saturated rings. The van der Waals surface area contributed by atoms with Crippen LogP contribution in [0.1, 0.15) is 42.5 Å². The first-order valence-corrected chi connectivity index (χ1v) is 9.51. The molecule has 0 bridgehead atoms. The predicted molar refractivity (Wildman–Crippen MR) is 92.7 cm³/mol. The lowest BCUT2D eigenvalue weighted by Crippen LogP contribution is -2.47. The molecule has 1 aromatic carbocycles. The van der Waals surface area contributed by atoms with E-state index in [4.69, 9.17) is 5.11 Å². The highest BCUT2D eigenvalue weighted by Gasteiger charge is 2.37. The summed E-state index contributed by atoms with van der Waals surface area (Å²) in [7, 11) is -3.74. The van der Waals surface area contributed by atoms with Gasteiger partial charge in [0.25, 0.3) is 5.91 Å². The molecule has 1 aliphatic rings. The maximum atomic E-state index is 12.5. The third kappa shape index (κ3) is 4.90. The molecule has 8 heteroatoms. The Labute approximate surface area is 147 Å². The first-order chi connectivity index (χ1) is 11.8.